The SMILES string of the molecule is OC(c1ccc2c(c1)OCCCO2)c1nc(Br)cs1. The molecule has 1 unspecified atom stereocenters. The summed E-state index contributed by atoms with van der Waals surface area (Å²) in [6, 6.07) is 5.50. The van der Waals surface area contributed by atoms with E-state index < -0.39 is 6.10 Å². The average Bonchev–Trinajstić information content (AvgIpc) is 2.72. The van der Waals surface area contributed by atoms with Crippen molar-refractivity contribution in [2.45, 2.75) is 12.5 Å². The lowest BCUT2D eigenvalue weighted by atomic mass is 10.1. The number of benzene rings is 1. The molecule has 1 N–H and O–H groups in total. The summed E-state index contributed by atoms with van der Waals surface area (Å²) in [7, 11) is 0. The molecule has 0 radical (unpaired) electrons. The number of thiazole rings is 1. The summed E-state index contributed by atoms with van der Waals surface area (Å²) in [6.07, 6.45) is 0.125. The zero-order valence-corrected chi connectivity index (χ0v) is 12.4. The molecule has 1 aliphatic rings. The number of nitrogens with zero attached hydrogens (tertiary/aromatic N) is 1. The predicted molar refractivity (Wildman–Crippen MR) is 75.9 cm³/mol. The molecule has 0 amide bonds. The Kier molecular flexibility index (Phi) is 3.72. The summed E-state index contributed by atoms with van der Waals surface area (Å²) in [4.78, 5) is 4.23. The fourth-order valence-corrected chi connectivity index (χ4v) is 3.16. The predicted octanol–water partition coefficient (Wildman–Crippen LogP) is 3.15. The average molecular weight is 342 g/mol. The first-order valence-electron chi connectivity index (χ1n) is 5.92. The van der Waals surface area contributed by atoms with Gasteiger partial charge in [-0.15, -0.1) is 11.3 Å². The molecule has 1 atom stereocenters. The van der Waals surface area contributed by atoms with Gasteiger partial charge in [-0.05, 0) is 33.6 Å². The molecule has 1 aromatic carbocycles. The molecule has 4 nitrogen and oxygen atoms in total. The highest BCUT2D eigenvalue weighted by Gasteiger charge is 2.18. The van der Waals surface area contributed by atoms with Crippen LogP contribution in [0.25, 0.3) is 0 Å². The van der Waals surface area contributed by atoms with E-state index in [0.717, 1.165) is 22.3 Å². The van der Waals surface area contributed by atoms with Crippen LogP contribution in [0.1, 0.15) is 23.1 Å². The second kappa shape index (κ2) is 5.48. The van der Waals surface area contributed by atoms with Crippen LogP contribution >= 0.6 is 27.3 Å². The van der Waals surface area contributed by atoms with Crippen LogP contribution in [0.15, 0.2) is 28.2 Å². The molecule has 2 aromatic rings. The molecule has 1 aromatic heterocycles. The summed E-state index contributed by atoms with van der Waals surface area (Å²) in [6.45, 7) is 1.30. The van der Waals surface area contributed by atoms with Gasteiger partial charge in [-0.3, -0.25) is 0 Å². The quantitative estimate of drug-likeness (QED) is 0.911. The van der Waals surface area contributed by atoms with E-state index in [2.05, 4.69) is 20.9 Å². The van der Waals surface area contributed by atoms with Gasteiger partial charge < -0.3 is 14.6 Å². The zero-order chi connectivity index (χ0) is 13.2. The van der Waals surface area contributed by atoms with Gasteiger partial charge in [-0.2, -0.15) is 0 Å². The molecule has 3 rings (SSSR count). The standard InChI is InChI=1S/C13H12BrNO3S/c14-11-7-19-13(15-11)12(16)8-2-3-9-10(6-8)18-5-1-4-17-9/h2-3,6-7,12,16H,1,4-5H2. The Morgan fingerprint density at radius 3 is 2.79 bits per heavy atom. The van der Waals surface area contributed by atoms with E-state index in [1.165, 1.54) is 11.3 Å². The molecule has 0 bridgehead atoms. The molecular formula is C13H12BrNO3S. The van der Waals surface area contributed by atoms with Gasteiger partial charge in [0.15, 0.2) is 11.5 Å². The number of rotatable bonds is 2. The lowest BCUT2D eigenvalue weighted by Crippen LogP contribution is -2.00. The maximum Gasteiger partial charge on any atom is 0.161 e. The van der Waals surface area contributed by atoms with Crippen LogP contribution in [0.5, 0.6) is 11.5 Å². The first-order valence-corrected chi connectivity index (χ1v) is 7.60. The zero-order valence-electron chi connectivity index (χ0n) is 10.0. The summed E-state index contributed by atoms with van der Waals surface area (Å²) >= 11 is 4.70. The van der Waals surface area contributed by atoms with Gasteiger partial charge in [0.1, 0.15) is 15.7 Å². The maximum absolute atomic E-state index is 10.3. The lowest BCUT2D eigenvalue weighted by Gasteiger charge is -2.12. The van der Waals surface area contributed by atoms with Gasteiger partial charge in [-0.1, -0.05) is 6.07 Å². The number of hydrogen-bond acceptors (Lipinski definition) is 5. The minimum atomic E-state index is -0.742. The monoisotopic (exact) mass is 341 g/mol. The smallest absolute Gasteiger partial charge is 0.161 e. The minimum Gasteiger partial charge on any atom is -0.490 e. The van der Waals surface area contributed by atoms with Crippen LogP contribution in [-0.4, -0.2) is 23.3 Å². The highest BCUT2D eigenvalue weighted by molar-refractivity contribution is 9.10. The van der Waals surface area contributed by atoms with Crippen LogP contribution in [0, 0.1) is 0 Å². The number of aliphatic hydroxyl groups is 1. The third-order valence-electron chi connectivity index (χ3n) is 2.82. The molecule has 0 spiro atoms. The molecule has 19 heavy (non-hydrogen) atoms. The molecule has 6 heteroatoms. The normalized spacial score (nSPS) is 15.9. The molecule has 0 aliphatic carbocycles. The van der Waals surface area contributed by atoms with Crippen LogP contribution in [0.2, 0.25) is 0 Å². The van der Waals surface area contributed by atoms with Gasteiger partial charge in [-0.25, -0.2) is 4.98 Å². The third-order valence-corrected chi connectivity index (χ3v) is 4.42. The second-order valence-corrected chi connectivity index (χ2v) is 5.87. The van der Waals surface area contributed by atoms with Gasteiger partial charge >= 0.3 is 0 Å². The molecular weight excluding hydrogens is 330 g/mol. The van der Waals surface area contributed by atoms with Crippen LogP contribution in [0.4, 0.5) is 0 Å². The minimum absolute atomic E-state index is 0.634. The van der Waals surface area contributed by atoms with E-state index in [-0.39, 0.29) is 0 Å². The number of aliphatic hydroxyl groups excluding tert-OH is 1. The van der Waals surface area contributed by atoms with Gasteiger partial charge in [0.2, 0.25) is 0 Å². The van der Waals surface area contributed by atoms with Crippen molar-refractivity contribution in [1.82, 2.24) is 4.98 Å². The molecule has 1 aliphatic heterocycles. The molecule has 0 fully saturated rings. The van der Waals surface area contributed by atoms with Crippen molar-refractivity contribution in [3.63, 3.8) is 0 Å². The van der Waals surface area contributed by atoms with E-state index in [4.69, 9.17) is 9.47 Å². The van der Waals surface area contributed by atoms with Crippen molar-refractivity contribution in [3.05, 3.63) is 38.8 Å². The van der Waals surface area contributed by atoms with E-state index in [1.54, 1.807) is 0 Å². The number of ether oxygens (including phenoxy) is 2. The number of halogens is 1. The number of hydrogen-bond donors (Lipinski definition) is 1. The first-order chi connectivity index (χ1) is 9.24. The van der Waals surface area contributed by atoms with Crippen LogP contribution in [0.3, 0.4) is 0 Å². The van der Waals surface area contributed by atoms with Crippen LogP contribution < -0.4 is 9.47 Å². The third kappa shape index (κ3) is 2.75. The molecule has 2 heterocycles. The number of aromatic nitrogens is 1. The Hall–Kier alpha value is -1.11. The van der Waals surface area contributed by atoms with Crippen LogP contribution in [-0.2, 0) is 0 Å². The highest BCUT2D eigenvalue weighted by Crippen LogP contribution is 2.34. The Labute approximate surface area is 123 Å². The Balaban J connectivity index is 1.91. The van der Waals surface area contributed by atoms with Crippen molar-refractivity contribution in [2.24, 2.45) is 0 Å². The molecule has 0 saturated heterocycles. The van der Waals surface area contributed by atoms with E-state index in [0.29, 0.717) is 24.0 Å². The topological polar surface area (TPSA) is 51.6 Å². The van der Waals surface area contributed by atoms with Gasteiger partial charge in [0, 0.05) is 11.8 Å². The molecule has 0 saturated carbocycles. The van der Waals surface area contributed by atoms with Gasteiger partial charge in [0.25, 0.3) is 0 Å². The largest absolute Gasteiger partial charge is 0.490 e. The summed E-state index contributed by atoms with van der Waals surface area (Å²) in [5.41, 5.74) is 0.756. The van der Waals surface area contributed by atoms with E-state index >= 15 is 0 Å². The number of fused-ring (bicyclic) bond motifs is 1. The first kappa shape index (κ1) is 12.9. The second-order valence-electron chi connectivity index (χ2n) is 4.17. The summed E-state index contributed by atoms with van der Waals surface area (Å²) < 4.78 is 11.9. The van der Waals surface area contributed by atoms with E-state index in [1.807, 2.05) is 23.6 Å². The Morgan fingerprint density at radius 1 is 1.26 bits per heavy atom. The lowest BCUT2D eigenvalue weighted by molar-refractivity contribution is 0.218. The fourth-order valence-electron chi connectivity index (χ4n) is 1.89. The maximum atomic E-state index is 10.3. The fraction of sp³-hybridized carbons (Fsp3) is 0.308. The van der Waals surface area contributed by atoms with Gasteiger partial charge in [0.05, 0.1) is 13.2 Å². The highest BCUT2D eigenvalue weighted by atomic mass is 79.9. The van der Waals surface area contributed by atoms with Crippen molar-refractivity contribution in [3.8, 4) is 11.5 Å². The summed E-state index contributed by atoms with van der Waals surface area (Å²) in [5, 5.41) is 12.8. The Bertz CT molecular complexity index is 587. The Morgan fingerprint density at radius 2 is 2.05 bits per heavy atom. The van der Waals surface area contributed by atoms with E-state index in [9.17, 15) is 5.11 Å². The van der Waals surface area contributed by atoms with Crippen molar-refractivity contribution in [2.75, 3.05) is 13.2 Å². The summed E-state index contributed by atoms with van der Waals surface area (Å²) in [5.74, 6) is 1.42. The van der Waals surface area contributed by atoms with Crippen molar-refractivity contribution in [1.29, 1.82) is 0 Å². The molecule has 100 valence electrons. The van der Waals surface area contributed by atoms with Crippen molar-refractivity contribution >= 4 is 27.3 Å². The van der Waals surface area contributed by atoms with Crippen molar-refractivity contribution < 1.29 is 14.6 Å².